The molecule has 0 amide bonds. The molecule has 1 aromatic rings. The van der Waals surface area contributed by atoms with Crippen LogP contribution in [0.4, 0.5) is 0 Å². The fraction of sp³-hybridized carbons (Fsp3) is 0.273. The zero-order valence-corrected chi connectivity index (χ0v) is 7.58. The van der Waals surface area contributed by atoms with Crippen molar-refractivity contribution in [1.82, 2.24) is 4.98 Å². The van der Waals surface area contributed by atoms with Gasteiger partial charge in [0, 0.05) is 11.8 Å². The minimum absolute atomic E-state index is 0.657. The van der Waals surface area contributed by atoms with E-state index in [9.17, 15) is 4.79 Å². The Kier molecular flexibility index (Phi) is 1.97. The second kappa shape index (κ2) is 3.13. The van der Waals surface area contributed by atoms with Crippen LogP contribution >= 0.6 is 0 Å². The fourth-order valence-corrected chi connectivity index (χ4v) is 1.64. The molecular formula is C11H11NO. The summed E-state index contributed by atoms with van der Waals surface area (Å²) in [7, 11) is 0. The molecule has 0 N–H and O–H groups in total. The summed E-state index contributed by atoms with van der Waals surface area (Å²) in [4.78, 5) is 14.8. The van der Waals surface area contributed by atoms with Gasteiger partial charge in [0.2, 0.25) is 0 Å². The fourth-order valence-electron chi connectivity index (χ4n) is 1.64. The van der Waals surface area contributed by atoms with E-state index in [1.807, 2.05) is 6.07 Å². The van der Waals surface area contributed by atoms with Crippen molar-refractivity contribution in [3.63, 3.8) is 0 Å². The van der Waals surface area contributed by atoms with E-state index in [4.69, 9.17) is 0 Å². The molecule has 0 saturated heterocycles. The summed E-state index contributed by atoms with van der Waals surface area (Å²) in [5.74, 6) is 0. The average molecular weight is 173 g/mol. The molecule has 2 rings (SSSR count). The van der Waals surface area contributed by atoms with Crippen LogP contribution in [0.1, 0.15) is 30.1 Å². The summed E-state index contributed by atoms with van der Waals surface area (Å²) >= 11 is 0. The highest BCUT2D eigenvalue weighted by Crippen LogP contribution is 2.05. The maximum Gasteiger partial charge on any atom is 0.151 e. The van der Waals surface area contributed by atoms with Crippen LogP contribution in [0, 0.1) is 0 Å². The standard InChI is InChI=1S/C11H11NO/c1-8-3-2-4-10-5-9(7-13)6-12-11(8)10/h4-7H,2-3H2,1H3. The van der Waals surface area contributed by atoms with Crippen LogP contribution in [0.3, 0.4) is 0 Å². The molecule has 1 aromatic heterocycles. The van der Waals surface area contributed by atoms with Gasteiger partial charge in [0.25, 0.3) is 0 Å². The van der Waals surface area contributed by atoms with Crippen LogP contribution < -0.4 is 10.6 Å². The maximum atomic E-state index is 10.5. The van der Waals surface area contributed by atoms with Gasteiger partial charge in [-0.1, -0.05) is 6.08 Å². The van der Waals surface area contributed by atoms with Crippen molar-refractivity contribution in [3.8, 4) is 0 Å². The van der Waals surface area contributed by atoms with Gasteiger partial charge in [-0.15, -0.1) is 0 Å². The molecule has 1 aliphatic rings. The minimum atomic E-state index is 0.657. The third-order valence-electron chi connectivity index (χ3n) is 2.36. The molecule has 1 aliphatic carbocycles. The van der Waals surface area contributed by atoms with E-state index < -0.39 is 0 Å². The number of fused-ring (bicyclic) bond motifs is 1. The highest BCUT2D eigenvalue weighted by Gasteiger charge is 2.01. The minimum Gasteiger partial charge on any atom is -0.298 e. The number of rotatable bonds is 1. The number of carbonyl (C=O) groups is 1. The summed E-state index contributed by atoms with van der Waals surface area (Å²) in [6.45, 7) is 2.10. The topological polar surface area (TPSA) is 30.0 Å². The molecule has 2 heteroatoms. The summed E-state index contributed by atoms with van der Waals surface area (Å²) in [5.41, 5.74) is 1.97. The number of hydrogen-bond donors (Lipinski definition) is 0. The first kappa shape index (κ1) is 8.17. The van der Waals surface area contributed by atoms with Gasteiger partial charge in [-0.2, -0.15) is 0 Å². The second-order valence-corrected chi connectivity index (χ2v) is 3.35. The van der Waals surface area contributed by atoms with E-state index >= 15 is 0 Å². The lowest BCUT2D eigenvalue weighted by molar-refractivity contribution is 0.112. The normalized spacial score (nSPS) is 14.7. The molecule has 0 atom stereocenters. The zero-order valence-electron chi connectivity index (χ0n) is 7.58. The molecule has 0 unspecified atom stereocenters. The molecule has 0 aromatic carbocycles. The quantitative estimate of drug-likeness (QED) is 0.583. The second-order valence-electron chi connectivity index (χ2n) is 3.35. The first-order valence-electron chi connectivity index (χ1n) is 4.42. The number of pyridine rings is 1. The molecule has 0 spiro atoms. The van der Waals surface area contributed by atoms with Gasteiger partial charge in [0.1, 0.15) is 0 Å². The highest BCUT2D eigenvalue weighted by molar-refractivity contribution is 5.74. The Bertz CT molecular complexity index is 459. The van der Waals surface area contributed by atoms with Crippen LogP contribution in [0.15, 0.2) is 12.3 Å². The number of hydrogen-bond acceptors (Lipinski definition) is 2. The Morgan fingerprint density at radius 2 is 2.38 bits per heavy atom. The molecule has 66 valence electrons. The summed E-state index contributed by atoms with van der Waals surface area (Å²) in [6, 6.07) is 1.90. The van der Waals surface area contributed by atoms with Crippen molar-refractivity contribution < 1.29 is 4.79 Å². The van der Waals surface area contributed by atoms with Crippen LogP contribution in [-0.2, 0) is 0 Å². The van der Waals surface area contributed by atoms with Crippen molar-refractivity contribution in [3.05, 3.63) is 28.4 Å². The Morgan fingerprint density at radius 3 is 3.15 bits per heavy atom. The van der Waals surface area contributed by atoms with Crippen LogP contribution in [0.25, 0.3) is 11.6 Å². The lowest BCUT2D eigenvalue weighted by atomic mass is 10.0. The molecule has 0 bridgehead atoms. The Labute approximate surface area is 76.6 Å². The van der Waals surface area contributed by atoms with E-state index in [1.54, 1.807) is 6.20 Å². The van der Waals surface area contributed by atoms with E-state index in [0.29, 0.717) is 5.56 Å². The molecule has 0 fully saturated rings. The van der Waals surface area contributed by atoms with Gasteiger partial charge < -0.3 is 0 Å². The van der Waals surface area contributed by atoms with Gasteiger partial charge in [-0.05, 0) is 36.6 Å². The lowest BCUT2D eigenvalue weighted by Crippen LogP contribution is -2.32. The molecule has 0 saturated carbocycles. The third kappa shape index (κ3) is 1.39. The Balaban J connectivity index is 2.79. The van der Waals surface area contributed by atoms with Gasteiger partial charge in [0.15, 0.2) is 6.29 Å². The average Bonchev–Trinajstić information content (AvgIpc) is 2.18. The Morgan fingerprint density at radius 1 is 1.54 bits per heavy atom. The van der Waals surface area contributed by atoms with Crippen LogP contribution in [0.5, 0.6) is 0 Å². The first-order valence-corrected chi connectivity index (χ1v) is 4.42. The number of aldehydes is 1. The highest BCUT2D eigenvalue weighted by atomic mass is 16.1. The number of nitrogens with zero attached hydrogens (tertiary/aromatic N) is 1. The number of aromatic nitrogens is 1. The van der Waals surface area contributed by atoms with Crippen molar-refractivity contribution in [1.29, 1.82) is 0 Å². The van der Waals surface area contributed by atoms with E-state index in [0.717, 1.165) is 29.7 Å². The molecular weight excluding hydrogens is 162 g/mol. The lowest BCUT2D eigenvalue weighted by Gasteiger charge is -2.04. The van der Waals surface area contributed by atoms with E-state index in [1.165, 1.54) is 5.57 Å². The van der Waals surface area contributed by atoms with Gasteiger partial charge in [0.05, 0.1) is 5.35 Å². The zero-order chi connectivity index (χ0) is 9.26. The molecule has 1 heterocycles. The van der Waals surface area contributed by atoms with Gasteiger partial charge in [-0.25, -0.2) is 0 Å². The van der Waals surface area contributed by atoms with E-state index in [-0.39, 0.29) is 0 Å². The monoisotopic (exact) mass is 173 g/mol. The smallest absolute Gasteiger partial charge is 0.151 e. The molecule has 0 aliphatic heterocycles. The van der Waals surface area contributed by atoms with Crippen molar-refractivity contribution in [2.45, 2.75) is 19.8 Å². The molecule has 2 nitrogen and oxygen atoms in total. The SMILES string of the molecule is CC1=c2ncc(C=O)cc2=CCC1. The van der Waals surface area contributed by atoms with Crippen molar-refractivity contribution >= 4 is 17.9 Å². The van der Waals surface area contributed by atoms with Gasteiger partial charge >= 0.3 is 0 Å². The third-order valence-corrected chi connectivity index (χ3v) is 2.36. The van der Waals surface area contributed by atoms with Crippen LogP contribution in [0.2, 0.25) is 0 Å². The molecule has 0 radical (unpaired) electrons. The van der Waals surface area contributed by atoms with Crippen LogP contribution in [-0.4, -0.2) is 11.3 Å². The molecule has 13 heavy (non-hydrogen) atoms. The van der Waals surface area contributed by atoms with Gasteiger partial charge in [-0.3, -0.25) is 9.78 Å². The predicted molar refractivity (Wildman–Crippen MR) is 51.7 cm³/mol. The summed E-state index contributed by atoms with van der Waals surface area (Å²) < 4.78 is 0. The van der Waals surface area contributed by atoms with E-state index in [2.05, 4.69) is 18.0 Å². The summed E-state index contributed by atoms with van der Waals surface area (Å²) in [5, 5.41) is 2.16. The Hall–Kier alpha value is -1.44. The summed E-state index contributed by atoms with van der Waals surface area (Å²) in [6.07, 6.45) is 6.76. The first-order chi connectivity index (χ1) is 6.31. The number of carbonyl (C=O) groups excluding carboxylic acids is 1. The van der Waals surface area contributed by atoms with Crippen molar-refractivity contribution in [2.75, 3.05) is 0 Å². The predicted octanol–water partition coefficient (Wildman–Crippen LogP) is 0.639. The largest absolute Gasteiger partial charge is 0.298 e. The maximum absolute atomic E-state index is 10.5. The van der Waals surface area contributed by atoms with Crippen molar-refractivity contribution in [2.24, 2.45) is 0 Å².